The fraction of sp³-hybridized carbons (Fsp3) is 0.360. The number of aromatic nitrogens is 2. The Hall–Kier alpha value is -3.28. The van der Waals surface area contributed by atoms with Gasteiger partial charge < -0.3 is 14.8 Å². The van der Waals surface area contributed by atoms with Gasteiger partial charge in [0.2, 0.25) is 0 Å². The Kier molecular flexibility index (Phi) is 5.48. The average Bonchev–Trinajstić information content (AvgIpc) is 3.03. The molecule has 0 saturated heterocycles. The predicted molar refractivity (Wildman–Crippen MR) is 120 cm³/mol. The highest BCUT2D eigenvalue weighted by Crippen LogP contribution is 2.41. The van der Waals surface area contributed by atoms with E-state index in [1.165, 1.54) is 0 Å². The summed E-state index contributed by atoms with van der Waals surface area (Å²) in [5.74, 6) is 1.39. The van der Waals surface area contributed by atoms with Gasteiger partial charge in [0.15, 0.2) is 0 Å². The number of ether oxygens (including phenoxy) is 2. The van der Waals surface area contributed by atoms with E-state index in [0.717, 1.165) is 34.0 Å². The third-order valence-corrected chi connectivity index (χ3v) is 5.64. The van der Waals surface area contributed by atoms with Crippen LogP contribution in [0.2, 0.25) is 0 Å². The van der Waals surface area contributed by atoms with Gasteiger partial charge in [-0.2, -0.15) is 5.10 Å². The summed E-state index contributed by atoms with van der Waals surface area (Å²) in [6, 6.07) is 15.4. The molecule has 3 aromatic rings. The van der Waals surface area contributed by atoms with Crippen molar-refractivity contribution in [1.29, 1.82) is 0 Å². The average molecular weight is 420 g/mol. The molecule has 1 amide bonds. The summed E-state index contributed by atoms with van der Waals surface area (Å²) in [6.07, 6.45) is 0.689. The van der Waals surface area contributed by atoms with Gasteiger partial charge in [0, 0.05) is 29.3 Å². The minimum absolute atomic E-state index is 0.0952. The predicted octanol–water partition coefficient (Wildman–Crippen LogP) is 4.59. The number of methoxy groups -OCH3 is 1. The van der Waals surface area contributed by atoms with Crippen LogP contribution in [0.25, 0.3) is 0 Å². The molecule has 1 aliphatic heterocycles. The zero-order valence-electron chi connectivity index (χ0n) is 18.7. The van der Waals surface area contributed by atoms with E-state index in [-0.39, 0.29) is 17.6 Å². The van der Waals surface area contributed by atoms with Crippen LogP contribution in [0.4, 0.5) is 0 Å². The molecule has 0 spiro atoms. The molecule has 1 aliphatic rings. The number of aryl methyl sites for hydroxylation is 2. The van der Waals surface area contributed by atoms with Crippen LogP contribution in [-0.2, 0) is 6.54 Å². The number of nitrogens with one attached hydrogen (secondary N) is 1. The quantitative estimate of drug-likeness (QED) is 0.657. The van der Waals surface area contributed by atoms with Gasteiger partial charge in [-0.3, -0.25) is 9.48 Å². The Labute approximate surface area is 183 Å². The lowest BCUT2D eigenvalue weighted by Crippen LogP contribution is -2.41. The van der Waals surface area contributed by atoms with Crippen LogP contribution in [0, 0.1) is 13.8 Å². The lowest BCUT2D eigenvalue weighted by molar-refractivity contribution is 0.0617. The van der Waals surface area contributed by atoms with Crippen molar-refractivity contribution >= 4 is 5.91 Å². The van der Waals surface area contributed by atoms with Gasteiger partial charge in [-0.25, -0.2) is 0 Å². The molecule has 0 aliphatic carbocycles. The van der Waals surface area contributed by atoms with Crippen molar-refractivity contribution in [3.8, 4) is 11.5 Å². The van der Waals surface area contributed by atoms with E-state index in [1.807, 2.05) is 74.8 Å². The summed E-state index contributed by atoms with van der Waals surface area (Å²) < 4.78 is 13.4. The van der Waals surface area contributed by atoms with E-state index in [4.69, 9.17) is 9.47 Å². The Morgan fingerprint density at radius 3 is 2.58 bits per heavy atom. The SMILES string of the molecule is COc1ccc2c(c1)OC(C)(C)CC2NC(=O)c1ccc(Cn2nc(C)cc2C)cc1. The zero-order valence-corrected chi connectivity index (χ0v) is 18.7. The maximum atomic E-state index is 13.0. The number of hydrogen-bond acceptors (Lipinski definition) is 4. The smallest absolute Gasteiger partial charge is 0.251 e. The third-order valence-electron chi connectivity index (χ3n) is 5.64. The molecular formula is C25H29N3O3. The molecule has 0 radical (unpaired) electrons. The van der Waals surface area contributed by atoms with Gasteiger partial charge >= 0.3 is 0 Å². The molecule has 6 nitrogen and oxygen atoms in total. The molecule has 2 aromatic carbocycles. The Balaban J connectivity index is 1.50. The monoisotopic (exact) mass is 419 g/mol. The first-order valence-electron chi connectivity index (χ1n) is 10.5. The van der Waals surface area contributed by atoms with Crippen LogP contribution < -0.4 is 14.8 Å². The molecule has 0 bridgehead atoms. The number of carbonyl (C=O) groups is 1. The van der Waals surface area contributed by atoms with Gasteiger partial charge in [-0.15, -0.1) is 0 Å². The summed E-state index contributed by atoms with van der Waals surface area (Å²) in [5, 5.41) is 7.69. The fourth-order valence-electron chi connectivity index (χ4n) is 4.10. The molecule has 1 atom stereocenters. The van der Waals surface area contributed by atoms with Crippen LogP contribution in [0.1, 0.15) is 59.2 Å². The van der Waals surface area contributed by atoms with Crippen molar-refractivity contribution in [2.24, 2.45) is 0 Å². The summed E-state index contributed by atoms with van der Waals surface area (Å²) in [5.41, 5.74) is 4.45. The fourth-order valence-corrected chi connectivity index (χ4v) is 4.10. The first-order chi connectivity index (χ1) is 14.7. The van der Waals surface area contributed by atoms with Crippen LogP contribution >= 0.6 is 0 Å². The van der Waals surface area contributed by atoms with E-state index < -0.39 is 0 Å². The number of hydrogen-bond donors (Lipinski definition) is 1. The van der Waals surface area contributed by atoms with E-state index in [0.29, 0.717) is 18.5 Å². The molecule has 1 unspecified atom stereocenters. The Morgan fingerprint density at radius 1 is 1.19 bits per heavy atom. The molecule has 6 heteroatoms. The molecule has 31 heavy (non-hydrogen) atoms. The molecule has 162 valence electrons. The summed E-state index contributed by atoms with van der Waals surface area (Å²) in [7, 11) is 1.63. The highest BCUT2D eigenvalue weighted by molar-refractivity contribution is 5.94. The van der Waals surface area contributed by atoms with Crippen molar-refractivity contribution in [3.63, 3.8) is 0 Å². The number of rotatable bonds is 5. The van der Waals surface area contributed by atoms with Crippen molar-refractivity contribution < 1.29 is 14.3 Å². The zero-order chi connectivity index (χ0) is 22.2. The number of amides is 1. The van der Waals surface area contributed by atoms with Gasteiger partial charge in [0.25, 0.3) is 5.91 Å². The summed E-state index contributed by atoms with van der Waals surface area (Å²) >= 11 is 0. The molecular weight excluding hydrogens is 390 g/mol. The Morgan fingerprint density at radius 2 is 1.94 bits per heavy atom. The molecule has 0 fully saturated rings. The molecule has 2 heterocycles. The largest absolute Gasteiger partial charge is 0.497 e. The van der Waals surface area contributed by atoms with Crippen molar-refractivity contribution in [2.75, 3.05) is 7.11 Å². The van der Waals surface area contributed by atoms with Gasteiger partial charge in [0.1, 0.15) is 17.1 Å². The molecule has 0 saturated carbocycles. The second-order valence-corrected chi connectivity index (χ2v) is 8.78. The van der Waals surface area contributed by atoms with Crippen LogP contribution in [0.15, 0.2) is 48.5 Å². The topological polar surface area (TPSA) is 65.4 Å². The second-order valence-electron chi connectivity index (χ2n) is 8.78. The third kappa shape index (κ3) is 4.58. The van der Waals surface area contributed by atoms with Gasteiger partial charge in [-0.1, -0.05) is 12.1 Å². The Bertz CT molecular complexity index is 1100. The first kappa shape index (κ1) is 21.0. The second kappa shape index (κ2) is 8.10. The van der Waals surface area contributed by atoms with E-state index in [2.05, 4.69) is 16.5 Å². The lowest BCUT2D eigenvalue weighted by Gasteiger charge is -2.38. The van der Waals surface area contributed by atoms with E-state index in [9.17, 15) is 4.79 Å². The molecule has 1 aromatic heterocycles. The molecule has 1 N–H and O–H groups in total. The highest BCUT2D eigenvalue weighted by atomic mass is 16.5. The van der Waals surface area contributed by atoms with Crippen LogP contribution in [0.3, 0.4) is 0 Å². The van der Waals surface area contributed by atoms with Gasteiger partial charge in [0.05, 0.1) is 25.4 Å². The van der Waals surface area contributed by atoms with E-state index in [1.54, 1.807) is 7.11 Å². The standard InChI is InChI=1S/C25H29N3O3/c1-16-12-17(2)28(27-16)15-18-6-8-19(9-7-18)24(29)26-22-14-25(3,4)31-23-13-20(30-5)10-11-21(22)23/h6-13,22H,14-15H2,1-5H3,(H,26,29). The normalized spacial score (nSPS) is 16.9. The number of carbonyl (C=O) groups excluding carboxylic acids is 1. The van der Waals surface area contributed by atoms with Crippen molar-refractivity contribution in [1.82, 2.24) is 15.1 Å². The van der Waals surface area contributed by atoms with Gasteiger partial charge in [-0.05, 0) is 63.6 Å². The summed E-state index contributed by atoms with van der Waals surface area (Å²) in [4.78, 5) is 13.0. The molecule has 4 rings (SSSR count). The minimum atomic E-state index is -0.388. The van der Waals surface area contributed by atoms with Crippen molar-refractivity contribution in [3.05, 3.63) is 76.6 Å². The number of nitrogens with zero attached hydrogens (tertiary/aromatic N) is 2. The van der Waals surface area contributed by atoms with E-state index >= 15 is 0 Å². The number of fused-ring (bicyclic) bond motifs is 1. The van der Waals surface area contributed by atoms with Crippen molar-refractivity contribution in [2.45, 2.75) is 52.3 Å². The maximum Gasteiger partial charge on any atom is 0.251 e. The minimum Gasteiger partial charge on any atom is -0.497 e. The maximum absolute atomic E-state index is 13.0. The highest BCUT2D eigenvalue weighted by Gasteiger charge is 2.35. The van der Waals surface area contributed by atoms with Crippen LogP contribution in [-0.4, -0.2) is 28.4 Å². The lowest BCUT2D eigenvalue weighted by atomic mass is 9.89. The summed E-state index contributed by atoms with van der Waals surface area (Å²) in [6.45, 7) is 8.78. The number of benzene rings is 2. The first-order valence-corrected chi connectivity index (χ1v) is 10.5. The van der Waals surface area contributed by atoms with Crippen LogP contribution in [0.5, 0.6) is 11.5 Å².